The normalized spacial score (nSPS) is 14.1. The highest BCUT2D eigenvalue weighted by molar-refractivity contribution is 4.93. The van der Waals surface area contributed by atoms with Crippen molar-refractivity contribution < 1.29 is 23.0 Å². The second-order valence-electron chi connectivity index (χ2n) is 3.37. The van der Waals surface area contributed by atoms with Crippen LogP contribution in [-0.2, 0) is 18.2 Å². The maximum atomic E-state index is 11.7. The molecule has 1 N–H and O–H groups in total. The molecule has 0 saturated heterocycles. The Morgan fingerprint density at radius 3 is 2.75 bits per heavy atom. The lowest BCUT2D eigenvalue weighted by atomic mass is 10.2. The standard InChI is InChI=1S/C8H12F3N3O2/c1-14-3-6(12-13-14)2-7(15)4-16-5-8(9,10)11/h3,7,15H,2,4-5H2,1H3. The highest BCUT2D eigenvalue weighted by atomic mass is 19.4. The Labute approximate surface area is 89.8 Å². The number of hydrogen-bond acceptors (Lipinski definition) is 4. The van der Waals surface area contributed by atoms with Crippen LogP contribution in [0.2, 0.25) is 0 Å². The minimum absolute atomic E-state index is 0.117. The molecule has 8 heteroatoms. The first-order valence-electron chi connectivity index (χ1n) is 4.54. The minimum Gasteiger partial charge on any atom is -0.390 e. The number of aryl methyl sites for hydroxylation is 1. The van der Waals surface area contributed by atoms with Crippen LogP contribution < -0.4 is 0 Å². The average molecular weight is 239 g/mol. The zero-order valence-corrected chi connectivity index (χ0v) is 8.61. The Hall–Kier alpha value is -1.15. The smallest absolute Gasteiger partial charge is 0.390 e. The van der Waals surface area contributed by atoms with Crippen LogP contribution in [0.1, 0.15) is 5.69 Å². The number of aromatic nitrogens is 3. The molecule has 92 valence electrons. The van der Waals surface area contributed by atoms with Crippen LogP contribution in [0.4, 0.5) is 13.2 Å². The van der Waals surface area contributed by atoms with Crippen LogP contribution in [0, 0.1) is 0 Å². The molecular formula is C8H12F3N3O2. The number of nitrogens with zero attached hydrogens (tertiary/aromatic N) is 3. The molecule has 16 heavy (non-hydrogen) atoms. The number of halogens is 3. The predicted molar refractivity (Wildman–Crippen MR) is 47.6 cm³/mol. The van der Waals surface area contributed by atoms with Gasteiger partial charge in [-0.15, -0.1) is 5.10 Å². The fourth-order valence-electron chi connectivity index (χ4n) is 1.10. The molecule has 0 fully saturated rings. The van der Waals surface area contributed by atoms with Crippen molar-refractivity contribution in [2.24, 2.45) is 7.05 Å². The van der Waals surface area contributed by atoms with Gasteiger partial charge in [0, 0.05) is 19.7 Å². The van der Waals surface area contributed by atoms with Gasteiger partial charge in [-0.2, -0.15) is 13.2 Å². The molecule has 0 aliphatic rings. The third-order valence-corrected chi connectivity index (χ3v) is 1.67. The van der Waals surface area contributed by atoms with E-state index in [-0.39, 0.29) is 13.0 Å². The van der Waals surface area contributed by atoms with Crippen molar-refractivity contribution in [2.45, 2.75) is 18.7 Å². The third-order valence-electron chi connectivity index (χ3n) is 1.67. The van der Waals surface area contributed by atoms with E-state index in [1.54, 1.807) is 13.2 Å². The average Bonchev–Trinajstić information content (AvgIpc) is 2.48. The number of rotatable bonds is 5. The first kappa shape index (κ1) is 12.9. The Balaban J connectivity index is 2.23. The maximum absolute atomic E-state index is 11.7. The second kappa shape index (κ2) is 5.26. The maximum Gasteiger partial charge on any atom is 0.411 e. The summed E-state index contributed by atoms with van der Waals surface area (Å²) in [4.78, 5) is 0. The third kappa shape index (κ3) is 5.08. The highest BCUT2D eigenvalue weighted by Gasteiger charge is 2.27. The number of alkyl halides is 3. The zero-order chi connectivity index (χ0) is 12.2. The van der Waals surface area contributed by atoms with E-state index in [4.69, 9.17) is 0 Å². The minimum atomic E-state index is -4.37. The molecule has 1 heterocycles. The van der Waals surface area contributed by atoms with Gasteiger partial charge in [-0.1, -0.05) is 5.21 Å². The quantitative estimate of drug-likeness (QED) is 0.802. The van der Waals surface area contributed by atoms with Gasteiger partial charge in [0.25, 0.3) is 0 Å². The topological polar surface area (TPSA) is 60.2 Å². The Bertz CT molecular complexity index is 327. The lowest BCUT2D eigenvalue weighted by Crippen LogP contribution is -2.24. The first-order valence-corrected chi connectivity index (χ1v) is 4.54. The molecule has 1 atom stereocenters. The van der Waals surface area contributed by atoms with Crippen molar-refractivity contribution in [1.29, 1.82) is 0 Å². The number of aliphatic hydroxyl groups excluding tert-OH is 1. The summed E-state index contributed by atoms with van der Waals surface area (Å²) in [6, 6.07) is 0. The molecule has 0 bridgehead atoms. The van der Waals surface area contributed by atoms with Crippen LogP contribution in [0.3, 0.4) is 0 Å². The zero-order valence-electron chi connectivity index (χ0n) is 8.61. The Morgan fingerprint density at radius 2 is 2.25 bits per heavy atom. The summed E-state index contributed by atoms with van der Waals surface area (Å²) < 4.78 is 40.9. The van der Waals surface area contributed by atoms with Gasteiger partial charge in [0.05, 0.1) is 18.4 Å². The van der Waals surface area contributed by atoms with E-state index in [9.17, 15) is 18.3 Å². The molecule has 0 saturated carbocycles. The van der Waals surface area contributed by atoms with Crippen LogP contribution in [0.15, 0.2) is 6.20 Å². The van der Waals surface area contributed by atoms with Crippen molar-refractivity contribution in [3.8, 4) is 0 Å². The van der Waals surface area contributed by atoms with Gasteiger partial charge >= 0.3 is 6.18 Å². The van der Waals surface area contributed by atoms with Crippen molar-refractivity contribution in [1.82, 2.24) is 15.0 Å². The van der Waals surface area contributed by atoms with Crippen LogP contribution in [-0.4, -0.2) is 45.6 Å². The fraction of sp³-hybridized carbons (Fsp3) is 0.750. The number of hydrogen-bond donors (Lipinski definition) is 1. The fourth-order valence-corrected chi connectivity index (χ4v) is 1.10. The largest absolute Gasteiger partial charge is 0.411 e. The molecule has 1 aromatic heterocycles. The molecule has 0 aliphatic heterocycles. The molecule has 0 amide bonds. The van der Waals surface area contributed by atoms with Crippen LogP contribution in [0.5, 0.6) is 0 Å². The van der Waals surface area contributed by atoms with E-state index in [1.807, 2.05) is 0 Å². The van der Waals surface area contributed by atoms with Crippen molar-refractivity contribution in [3.05, 3.63) is 11.9 Å². The summed E-state index contributed by atoms with van der Waals surface area (Å²) in [7, 11) is 1.66. The van der Waals surface area contributed by atoms with Gasteiger partial charge in [0.1, 0.15) is 6.61 Å². The van der Waals surface area contributed by atoms with E-state index >= 15 is 0 Å². The van der Waals surface area contributed by atoms with E-state index in [2.05, 4.69) is 15.0 Å². The summed E-state index contributed by atoms with van der Waals surface area (Å²) in [6.45, 7) is -1.74. The predicted octanol–water partition coefficient (Wildman–Crippen LogP) is 0.297. The molecule has 1 rings (SSSR count). The molecule has 1 unspecified atom stereocenters. The molecule has 0 aromatic carbocycles. The van der Waals surface area contributed by atoms with Gasteiger partial charge in [0.15, 0.2) is 0 Å². The molecule has 0 spiro atoms. The molecular weight excluding hydrogens is 227 g/mol. The number of ether oxygens (including phenoxy) is 1. The molecule has 1 aromatic rings. The second-order valence-corrected chi connectivity index (χ2v) is 3.37. The summed E-state index contributed by atoms with van der Waals surface area (Å²) in [5.74, 6) is 0. The molecule has 0 radical (unpaired) electrons. The van der Waals surface area contributed by atoms with E-state index < -0.39 is 18.9 Å². The van der Waals surface area contributed by atoms with Crippen molar-refractivity contribution in [2.75, 3.05) is 13.2 Å². The van der Waals surface area contributed by atoms with Gasteiger partial charge in [-0.05, 0) is 0 Å². The SMILES string of the molecule is Cn1cc(CC(O)COCC(F)(F)F)nn1. The lowest BCUT2D eigenvalue weighted by molar-refractivity contribution is -0.179. The Kier molecular flexibility index (Phi) is 4.25. The lowest BCUT2D eigenvalue weighted by Gasteiger charge is -2.11. The van der Waals surface area contributed by atoms with Crippen LogP contribution in [0.25, 0.3) is 0 Å². The van der Waals surface area contributed by atoms with E-state index in [1.165, 1.54) is 4.68 Å². The summed E-state index contributed by atoms with van der Waals surface area (Å²) in [6.07, 6.45) is -3.69. The molecule has 0 aliphatic carbocycles. The first-order chi connectivity index (χ1) is 7.37. The van der Waals surface area contributed by atoms with Crippen molar-refractivity contribution >= 4 is 0 Å². The summed E-state index contributed by atoms with van der Waals surface area (Å²) >= 11 is 0. The van der Waals surface area contributed by atoms with Gasteiger partial charge in [0.2, 0.25) is 0 Å². The number of aliphatic hydroxyl groups is 1. The highest BCUT2D eigenvalue weighted by Crippen LogP contribution is 2.14. The monoisotopic (exact) mass is 239 g/mol. The van der Waals surface area contributed by atoms with Gasteiger partial charge < -0.3 is 9.84 Å². The summed E-state index contributed by atoms with van der Waals surface area (Å²) in [5.41, 5.74) is 0.505. The molecule has 5 nitrogen and oxygen atoms in total. The Morgan fingerprint density at radius 1 is 1.56 bits per heavy atom. The van der Waals surface area contributed by atoms with E-state index in [0.717, 1.165) is 0 Å². The van der Waals surface area contributed by atoms with E-state index in [0.29, 0.717) is 5.69 Å². The van der Waals surface area contributed by atoms with Gasteiger partial charge in [-0.25, -0.2) is 0 Å². The van der Waals surface area contributed by atoms with Crippen LogP contribution >= 0.6 is 0 Å². The summed E-state index contributed by atoms with van der Waals surface area (Å²) in [5, 5.41) is 16.7. The van der Waals surface area contributed by atoms with Crippen molar-refractivity contribution in [3.63, 3.8) is 0 Å². The van der Waals surface area contributed by atoms with Gasteiger partial charge in [-0.3, -0.25) is 4.68 Å².